The average Bonchev–Trinajstić information content (AvgIpc) is 2.66. The molecular weight excluding hydrogens is 204 g/mol. The summed E-state index contributed by atoms with van der Waals surface area (Å²) in [6.07, 6.45) is 8.54. The fourth-order valence-electron chi connectivity index (χ4n) is 2.20. The molecule has 2 aliphatic rings. The van der Waals surface area contributed by atoms with E-state index in [1.54, 1.807) is 0 Å². The summed E-state index contributed by atoms with van der Waals surface area (Å²) in [6.45, 7) is 2.08. The van der Waals surface area contributed by atoms with Crippen molar-refractivity contribution in [3.8, 4) is 0 Å². The predicted molar refractivity (Wildman–Crippen MR) is 61.1 cm³/mol. The molecule has 1 aliphatic carbocycles. The summed E-state index contributed by atoms with van der Waals surface area (Å²) in [4.78, 5) is 11.8. The van der Waals surface area contributed by atoms with Crippen molar-refractivity contribution in [2.75, 3.05) is 19.8 Å². The van der Waals surface area contributed by atoms with Crippen LogP contribution in [0, 0.1) is 5.92 Å². The first-order valence-corrected chi connectivity index (χ1v) is 6.30. The van der Waals surface area contributed by atoms with Gasteiger partial charge < -0.3 is 9.47 Å². The Balaban J connectivity index is 1.75. The van der Waals surface area contributed by atoms with Gasteiger partial charge in [-0.3, -0.25) is 0 Å². The van der Waals surface area contributed by atoms with E-state index in [4.69, 9.17) is 9.47 Å². The van der Waals surface area contributed by atoms with Crippen LogP contribution in [0.15, 0.2) is 11.6 Å². The summed E-state index contributed by atoms with van der Waals surface area (Å²) in [7, 11) is 0. The van der Waals surface area contributed by atoms with Gasteiger partial charge in [-0.2, -0.15) is 0 Å². The molecule has 0 spiro atoms. The Labute approximate surface area is 96.8 Å². The number of carbonyl (C=O) groups excluding carboxylic acids is 1. The number of allylic oxidation sites excluding steroid dienone is 1. The second kappa shape index (κ2) is 6.04. The number of hydrogen-bond acceptors (Lipinski definition) is 3. The smallest absolute Gasteiger partial charge is 0.333 e. The fourth-order valence-corrected chi connectivity index (χ4v) is 2.20. The summed E-state index contributed by atoms with van der Waals surface area (Å²) in [5, 5.41) is 0. The number of hydrogen-bond donors (Lipinski definition) is 0. The molecule has 0 radical (unpaired) electrons. The number of carbonyl (C=O) groups is 1. The maximum atomic E-state index is 11.8. The maximum Gasteiger partial charge on any atom is 0.333 e. The Kier molecular flexibility index (Phi) is 4.40. The highest BCUT2D eigenvalue weighted by molar-refractivity contribution is 5.88. The fraction of sp³-hybridized carbons (Fsp3) is 0.769. The Hall–Kier alpha value is -0.830. The van der Waals surface area contributed by atoms with Gasteiger partial charge in [-0.05, 0) is 32.1 Å². The predicted octanol–water partition coefficient (Wildman–Crippen LogP) is 2.46. The molecular formula is C13H20O3. The average molecular weight is 224 g/mol. The highest BCUT2D eigenvalue weighted by Crippen LogP contribution is 2.19. The molecule has 1 aliphatic heterocycles. The zero-order valence-electron chi connectivity index (χ0n) is 9.74. The highest BCUT2D eigenvalue weighted by atomic mass is 16.5. The van der Waals surface area contributed by atoms with Gasteiger partial charge in [0.25, 0.3) is 0 Å². The van der Waals surface area contributed by atoms with Crippen molar-refractivity contribution in [2.24, 2.45) is 5.92 Å². The Morgan fingerprint density at radius 3 is 3.19 bits per heavy atom. The molecule has 1 saturated heterocycles. The molecule has 0 aromatic heterocycles. The van der Waals surface area contributed by atoms with E-state index >= 15 is 0 Å². The van der Waals surface area contributed by atoms with Crippen LogP contribution in [0.4, 0.5) is 0 Å². The molecule has 0 N–H and O–H groups in total. The van der Waals surface area contributed by atoms with Crippen molar-refractivity contribution in [3.05, 3.63) is 11.6 Å². The lowest BCUT2D eigenvalue weighted by Crippen LogP contribution is -2.15. The standard InChI is InChI=1S/C13H20O3/c14-13(12-5-3-1-2-4-6-12)16-10-11-7-8-15-9-11/h5,11H,1-4,6-10H2/t11-/m1/s1. The summed E-state index contributed by atoms with van der Waals surface area (Å²) in [5.41, 5.74) is 0.886. The lowest BCUT2D eigenvalue weighted by molar-refractivity contribution is -0.140. The van der Waals surface area contributed by atoms with Gasteiger partial charge in [0.05, 0.1) is 13.2 Å². The molecule has 2 rings (SSSR count). The minimum atomic E-state index is -0.103. The maximum absolute atomic E-state index is 11.8. The van der Waals surface area contributed by atoms with Crippen molar-refractivity contribution in [1.82, 2.24) is 0 Å². The van der Waals surface area contributed by atoms with Crippen LogP contribution in [0.25, 0.3) is 0 Å². The topological polar surface area (TPSA) is 35.5 Å². The van der Waals surface area contributed by atoms with Gasteiger partial charge in [0, 0.05) is 18.1 Å². The van der Waals surface area contributed by atoms with Crippen molar-refractivity contribution in [2.45, 2.75) is 38.5 Å². The number of rotatable bonds is 3. The molecule has 16 heavy (non-hydrogen) atoms. The second-order valence-corrected chi connectivity index (χ2v) is 4.66. The molecule has 0 aromatic rings. The highest BCUT2D eigenvalue weighted by Gasteiger charge is 2.19. The largest absolute Gasteiger partial charge is 0.462 e. The van der Waals surface area contributed by atoms with E-state index < -0.39 is 0 Å². The van der Waals surface area contributed by atoms with Crippen LogP contribution in [0.2, 0.25) is 0 Å². The molecule has 0 unspecified atom stereocenters. The minimum Gasteiger partial charge on any atom is -0.462 e. The first kappa shape index (κ1) is 11.6. The molecule has 1 heterocycles. The van der Waals surface area contributed by atoms with Crippen LogP contribution in [0.5, 0.6) is 0 Å². The van der Waals surface area contributed by atoms with Gasteiger partial charge in [0.15, 0.2) is 0 Å². The van der Waals surface area contributed by atoms with Crippen molar-refractivity contribution < 1.29 is 14.3 Å². The molecule has 90 valence electrons. The van der Waals surface area contributed by atoms with E-state index in [2.05, 4.69) is 6.08 Å². The van der Waals surface area contributed by atoms with E-state index in [-0.39, 0.29) is 5.97 Å². The third-order valence-corrected chi connectivity index (χ3v) is 3.28. The van der Waals surface area contributed by atoms with Gasteiger partial charge in [-0.1, -0.05) is 12.5 Å². The third-order valence-electron chi connectivity index (χ3n) is 3.28. The molecule has 1 atom stereocenters. The molecule has 0 aromatic carbocycles. The van der Waals surface area contributed by atoms with Crippen LogP contribution >= 0.6 is 0 Å². The van der Waals surface area contributed by atoms with Crippen LogP contribution in [0.3, 0.4) is 0 Å². The SMILES string of the molecule is O=C(OC[C@@H]1CCOC1)C1=CCCCCC1. The lowest BCUT2D eigenvalue weighted by atomic mass is 10.1. The van der Waals surface area contributed by atoms with E-state index in [1.807, 2.05) is 0 Å². The van der Waals surface area contributed by atoms with Crippen LogP contribution < -0.4 is 0 Å². The van der Waals surface area contributed by atoms with Gasteiger partial charge in [-0.15, -0.1) is 0 Å². The van der Waals surface area contributed by atoms with Gasteiger partial charge >= 0.3 is 5.97 Å². The third kappa shape index (κ3) is 3.34. The molecule has 0 saturated carbocycles. The first-order chi connectivity index (χ1) is 7.86. The monoisotopic (exact) mass is 224 g/mol. The second-order valence-electron chi connectivity index (χ2n) is 4.66. The van der Waals surface area contributed by atoms with E-state index in [1.165, 1.54) is 12.8 Å². The number of ether oxygens (including phenoxy) is 2. The van der Waals surface area contributed by atoms with E-state index in [9.17, 15) is 4.79 Å². The summed E-state index contributed by atoms with van der Waals surface area (Å²) >= 11 is 0. The van der Waals surface area contributed by atoms with Crippen molar-refractivity contribution in [1.29, 1.82) is 0 Å². The minimum absolute atomic E-state index is 0.103. The Bertz CT molecular complexity index is 264. The summed E-state index contributed by atoms with van der Waals surface area (Å²) in [6, 6.07) is 0. The van der Waals surface area contributed by atoms with Gasteiger partial charge in [0.1, 0.15) is 0 Å². The molecule has 3 heteroatoms. The van der Waals surface area contributed by atoms with Crippen LogP contribution in [-0.4, -0.2) is 25.8 Å². The molecule has 3 nitrogen and oxygen atoms in total. The normalized spacial score (nSPS) is 26.0. The lowest BCUT2D eigenvalue weighted by Gasteiger charge is -2.10. The Morgan fingerprint density at radius 2 is 2.38 bits per heavy atom. The summed E-state index contributed by atoms with van der Waals surface area (Å²) < 4.78 is 10.6. The molecule has 0 amide bonds. The van der Waals surface area contributed by atoms with Crippen molar-refractivity contribution >= 4 is 5.97 Å². The first-order valence-electron chi connectivity index (χ1n) is 6.30. The van der Waals surface area contributed by atoms with Crippen LogP contribution in [-0.2, 0) is 14.3 Å². The van der Waals surface area contributed by atoms with Gasteiger partial charge in [-0.25, -0.2) is 4.79 Å². The van der Waals surface area contributed by atoms with E-state index in [0.29, 0.717) is 12.5 Å². The molecule has 0 bridgehead atoms. The summed E-state index contributed by atoms with van der Waals surface area (Å²) in [5.74, 6) is 0.309. The zero-order chi connectivity index (χ0) is 11.2. The zero-order valence-corrected chi connectivity index (χ0v) is 9.74. The van der Waals surface area contributed by atoms with Crippen molar-refractivity contribution in [3.63, 3.8) is 0 Å². The Morgan fingerprint density at radius 1 is 1.44 bits per heavy atom. The quantitative estimate of drug-likeness (QED) is 0.691. The number of esters is 1. The van der Waals surface area contributed by atoms with E-state index in [0.717, 1.165) is 44.5 Å². The molecule has 1 fully saturated rings. The van der Waals surface area contributed by atoms with Gasteiger partial charge in [0.2, 0.25) is 0 Å². The van der Waals surface area contributed by atoms with Crippen LogP contribution in [0.1, 0.15) is 38.5 Å².